The van der Waals surface area contributed by atoms with E-state index in [1.54, 1.807) is 0 Å². The minimum Gasteiger partial charge on any atom is -0.317 e. The van der Waals surface area contributed by atoms with E-state index in [4.69, 9.17) is 0 Å². The second-order valence-corrected chi connectivity index (χ2v) is 7.63. The third-order valence-corrected chi connectivity index (χ3v) is 5.71. The number of aromatic amines is 1. The molecule has 1 fully saturated rings. The lowest BCUT2D eigenvalue weighted by atomic mass is 9.96. The Bertz CT molecular complexity index is 1230. The van der Waals surface area contributed by atoms with E-state index < -0.39 is 11.7 Å². The van der Waals surface area contributed by atoms with Crippen LogP contribution in [0.25, 0.3) is 22.0 Å². The molecule has 1 aromatic carbocycles. The smallest absolute Gasteiger partial charge is 0.276 e. The zero-order valence-corrected chi connectivity index (χ0v) is 16.2. The van der Waals surface area contributed by atoms with Gasteiger partial charge in [-0.25, -0.2) is 4.39 Å². The van der Waals surface area contributed by atoms with E-state index in [1.807, 2.05) is 30.6 Å². The highest BCUT2D eigenvalue weighted by Gasteiger charge is 2.19. The molecule has 1 saturated carbocycles. The normalized spacial score (nSPS) is 14.3. The maximum atomic E-state index is 13.9. The SMILES string of the molecule is O=C(Nc1cnccc1F)c1n[nH]c2ccc(-c3cncc(C4CCCC4)c3)cc12. The Balaban J connectivity index is 1.48. The summed E-state index contributed by atoms with van der Waals surface area (Å²) in [7, 11) is 0. The fourth-order valence-electron chi connectivity index (χ4n) is 4.12. The van der Waals surface area contributed by atoms with Crippen molar-refractivity contribution in [2.75, 3.05) is 5.32 Å². The third kappa shape index (κ3) is 3.43. The van der Waals surface area contributed by atoms with Crippen molar-refractivity contribution in [3.05, 3.63) is 72.2 Å². The molecule has 30 heavy (non-hydrogen) atoms. The molecule has 0 aliphatic heterocycles. The number of halogens is 1. The third-order valence-electron chi connectivity index (χ3n) is 5.71. The number of hydrogen-bond acceptors (Lipinski definition) is 4. The van der Waals surface area contributed by atoms with Gasteiger partial charge in [-0.05, 0) is 54.2 Å². The van der Waals surface area contributed by atoms with Crippen molar-refractivity contribution in [1.29, 1.82) is 0 Å². The number of fused-ring (bicyclic) bond motifs is 1. The maximum absolute atomic E-state index is 13.9. The second-order valence-electron chi connectivity index (χ2n) is 7.63. The van der Waals surface area contributed by atoms with Crippen LogP contribution in [0.4, 0.5) is 10.1 Å². The standard InChI is InChI=1S/C23H20FN5O/c24-19-7-8-25-13-21(19)27-23(30)22-18-10-15(5-6-20(18)28-29-22)17-9-16(11-26-12-17)14-3-1-2-4-14/h5-14H,1-4H2,(H,27,30)(H,28,29). The topological polar surface area (TPSA) is 83.6 Å². The summed E-state index contributed by atoms with van der Waals surface area (Å²) in [6, 6.07) is 9.18. The van der Waals surface area contributed by atoms with E-state index in [0.29, 0.717) is 11.3 Å². The van der Waals surface area contributed by atoms with Crippen LogP contribution in [0.1, 0.15) is 47.7 Å². The van der Waals surface area contributed by atoms with E-state index in [0.717, 1.165) is 16.6 Å². The van der Waals surface area contributed by atoms with Gasteiger partial charge in [0.25, 0.3) is 5.91 Å². The molecule has 1 amide bonds. The zero-order chi connectivity index (χ0) is 20.5. The van der Waals surface area contributed by atoms with Gasteiger partial charge in [-0.3, -0.25) is 19.9 Å². The Hall–Kier alpha value is -3.61. The summed E-state index contributed by atoms with van der Waals surface area (Å²) in [5.41, 5.74) is 4.18. The molecule has 6 nitrogen and oxygen atoms in total. The van der Waals surface area contributed by atoms with Crippen molar-refractivity contribution < 1.29 is 9.18 Å². The first-order chi connectivity index (χ1) is 14.7. The first-order valence-corrected chi connectivity index (χ1v) is 10.0. The zero-order valence-electron chi connectivity index (χ0n) is 16.2. The maximum Gasteiger partial charge on any atom is 0.276 e. The highest BCUT2D eigenvalue weighted by Crippen LogP contribution is 2.35. The molecule has 0 unspecified atom stereocenters. The van der Waals surface area contributed by atoms with Crippen LogP contribution in [-0.4, -0.2) is 26.1 Å². The number of pyridine rings is 2. The van der Waals surface area contributed by atoms with E-state index >= 15 is 0 Å². The molecule has 5 rings (SSSR count). The Kier molecular flexibility index (Phi) is 4.71. The van der Waals surface area contributed by atoms with Gasteiger partial charge in [0.2, 0.25) is 0 Å². The summed E-state index contributed by atoms with van der Waals surface area (Å²) in [6.45, 7) is 0. The van der Waals surface area contributed by atoms with E-state index in [-0.39, 0.29) is 11.4 Å². The second kappa shape index (κ2) is 7.67. The van der Waals surface area contributed by atoms with Gasteiger partial charge in [0, 0.05) is 29.5 Å². The van der Waals surface area contributed by atoms with Gasteiger partial charge in [0.1, 0.15) is 5.82 Å². The molecule has 0 spiro atoms. The number of carbonyl (C=O) groups excluding carboxylic acids is 1. The number of anilines is 1. The fourth-order valence-corrected chi connectivity index (χ4v) is 4.12. The highest BCUT2D eigenvalue weighted by molar-refractivity contribution is 6.11. The average molecular weight is 401 g/mol. The van der Waals surface area contributed by atoms with Gasteiger partial charge in [-0.2, -0.15) is 5.10 Å². The molecule has 0 saturated heterocycles. The van der Waals surface area contributed by atoms with E-state index in [1.165, 1.54) is 49.7 Å². The van der Waals surface area contributed by atoms with Crippen LogP contribution in [0.2, 0.25) is 0 Å². The number of hydrogen-bond donors (Lipinski definition) is 2. The predicted octanol–water partition coefficient (Wildman–Crippen LogP) is 5.07. The van der Waals surface area contributed by atoms with Crippen LogP contribution >= 0.6 is 0 Å². The predicted molar refractivity (Wildman–Crippen MR) is 113 cm³/mol. The van der Waals surface area contributed by atoms with Crippen LogP contribution in [-0.2, 0) is 0 Å². The molecule has 2 N–H and O–H groups in total. The minimum absolute atomic E-state index is 0.0169. The molecular weight excluding hydrogens is 381 g/mol. The molecular formula is C23H20FN5O. The van der Waals surface area contributed by atoms with Crippen molar-refractivity contribution in [2.24, 2.45) is 0 Å². The summed E-state index contributed by atoms with van der Waals surface area (Å²) in [6.07, 6.45) is 11.4. The van der Waals surface area contributed by atoms with Crippen LogP contribution in [0, 0.1) is 5.82 Å². The van der Waals surface area contributed by atoms with Gasteiger partial charge in [-0.1, -0.05) is 18.9 Å². The van der Waals surface area contributed by atoms with Crippen LogP contribution in [0.15, 0.2) is 55.1 Å². The molecule has 0 bridgehead atoms. The molecule has 3 aromatic heterocycles. The Morgan fingerprint density at radius 3 is 2.73 bits per heavy atom. The number of nitrogens with one attached hydrogen (secondary N) is 2. The Labute approximate surface area is 172 Å². The molecule has 3 heterocycles. The van der Waals surface area contributed by atoms with E-state index in [9.17, 15) is 9.18 Å². The van der Waals surface area contributed by atoms with Gasteiger partial charge in [-0.15, -0.1) is 0 Å². The van der Waals surface area contributed by atoms with Crippen LogP contribution in [0.5, 0.6) is 0 Å². The molecule has 7 heteroatoms. The van der Waals surface area contributed by atoms with Gasteiger partial charge in [0.15, 0.2) is 5.69 Å². The summed E-state index contributed by atoms with van der Waals surface area (Å²) < 4.78 is 13.9. The molecule has 0 radical (unpaired) electrons. The number of H-pyrrole nitrogens is 1. The number of rotatable bonds is 4. The summed E-state index contributed by atoms with van der Waals surface area (Å²) >= 11 is 0. The monoisotopic (exact) mass is 401 g/mol. The van der Waals surface area contributed by atoms with Crippen LogP contribution in [0.3, 0.4) is 0 Å². The molecule has 1 aliphatic rings. The molecule has 150 valence electrons. The summed E-state index contributed by atoms with van der Waals surface area (Å²) in [5, 5.41) is 10.2. The lowest BCUT2D eigenvalue weighted by molar-refractivity contribution is 0.102. The minimum atomic E-state index is -0.548. The number of nitrogens with zero attached hydrogens (tertiary/aromatic N) is 3. The Morgan fingerprint density at radius 1 is 1.03 bits per heavy atom. The summed E-state index contributed by atoms with van der Waals surface area (Å²) in [5.74, 6) is -0.470. The quantitative estimate of drug-likeness (QED) is 0.500. The lowest BCUT2D eigenvalue weighted by Gasteiger charge is -2.11. The molecule has 0 atom stereocenters. The van der Waals surface area contributed by atoms with Crippen molar-refractivity contribution in [3.63, 3.8) is 0 Å². The van der Waals surface area contributed by atoms with Crippen molar-refractivity contribution in [1.82, 2.24) is 20.2 Å². The van der Waals surface area contributed by atoms with Crippen molar-refractivity contribution >= 4 is 22.5 Å². The first kappa shape index (κ1) is 18.4. The van der Waals surface area contributed by atoms with Crippen LogP contribution < -0.4 is 5.32 Å². The Morgan fingerprint density at radius 2 is 1.90 bits per heavy atom. The van der Waals surface area contributed by atoms with E-state index in [2.05, 4.69) is 31.5 Å². The van der Waals surface area contributed by atoms with Gasteiger partial charge >= 0.3 is 0 Å². The summed E-state index contributed by atoms with van der Waals surface area (Å²) in [4.78, 5) is 21.0. The highest BCUT2D eigenvalue weighted by atomic mass is 19.1. The lowest BCUT2D eigenvalue weighted by Crippen LogP contribution is -2.14. The number of amides is 1. The average Bonchev–Trinajstić information content (AvgIpc) is 3.45. The molecule has 1 aliphatic carbocycles. The van der Waals surface area contributed by atoms with Gasteiger partial charge < -0.3 is 5.32 Å². The van der Waals surface area contributed by atoms with Gasteiger partial charge in [0.05, 0.1) is 17.4 Å². The first-order valence-electron chi connectivity index (χ1n) is 10.0. The largest absolute Gasteiger partial charge is 0.317 e. The van der Waals surface area contributed by atoms with Crippen molar-refractivity contribution in [2.45, 2.75) is 31.6 Å². The number of carbonyl (C=O) groups is 1. The number of benzene rings is 1. The fraction of sp³-hybridized carbons (Fsp3) is 0.217. The van der Waals surface area contributed by atoms with Crippen molar-refractivity contribution in [3.8, 4) is 11.1 Å². The number of aromatic nitrogens is 4. The molecule has 4 aromatic rings.